The number of sulfonamides is 1. The van der Waals surface area contributed by atoms with Crippen LogP contribution in [0.1, 0.15) is 24.0 Å². The van der Waals surface area contributed by atoms with E-state index in [-0.39, 0.29) is 16.5 Å². The monoisotopic (exact) mass is 511 g/mol. The molecule has 0 aliphatic carbocycles. The molecule has 1 heterocycles. The summed E-state index contributed by atoms with van der Waals surface area (Å²) in [6.07, 6.45) is 1.29. The van der Waals surface area contributed by atoms with Gasteiger partial charge in [-0.1, -0.05) is 41.9 Å². The number of hydrogen-bond donors (Lipinski definition) is 1. The summed E-state index contributed by atoms with van der Waals surface area (Å²) >= 11 is 6.27. The lowest BCUT2D eigenvalue weighted by Gasteiger charge is -2.25. The standard InChI is InChI=1S/C26H26ClN3O4S/c1-18-11-13-21(16-23(18)27)30(35(33,34)22-7-4-3-5-8-22)17-25(31)28-20-12-10-19(2)24(15-20)29-14-6-9-26(29)32/h3-5,7-8,10-13,15-16H,6,9,14,17H2,1-2H3,(H,28,31). The second-order valence-corrected chi connectivity index (χ2v) is 10.7. The zero-order valence-corrected chi connectivity index (χ0v) is 21.1. The Labute approximate surface area is 210 Å². The Morgan fingerprint density at radius 1 is 1.03 bits per heavy atom. The number of amides is 2. The predicted molar refractivity (Wildman–Crippen MR) is 139 cm³/mol. The molecule has 1 aliphatic rings. The Hall–Kier alpha value is -3.36. The van der Waals surface area contributed by atoms with Gasteiger partial charge in [-0.05, 0) is 67.8 Å². The van der Waals surface area contributed by atoms with Gasteiger partial charge in [0.1, 0.15) is 6.54 Å². The van der Waals surface area contributed by atoms with Crippen molar-refractivity contribution in [3.8, 4) is 0 Å². The van der Waals surface area contributed by atoms with Gasteiger partial charge in [0, 0.05) is 29.4 Å². The molecule has 1 aliphatic heterocycles. The highest BCUT2D eigenvalue weighted by molar-refractivity contribution is 7.92. The zero-order chi connectivity index (χ0) is 25.2. The van der Waals surface area contributed by atoms with Crippen LogP contribution in [0.25, 0.3) is 0 Å². The number of carbonyl (C=O) groups is 2. The third kappa shape index (κ3) is 5.33. The number of anilines is 3. The van der Waals surface area contributed by atoms with Gasteiger partial charge in [0.2, 0.25) is 11.8 Å². The molecular weight excluding hydrogens is 486 g/mol. The Morgan fingerprint density at radius 3 is 2.40 bits per heavy atom. The van der Waals surface area contributed by atoms with Gasteiger partial charge in [0.25, 0.3) is 10.0 Å². The second kappa shape index (κ2) is 10.1. The minimum Gasteiger partial charge on any atom is -0.324 e. The first-order chi connectivity index (χ1) is 16.7. The molecule has 35 heavy (non-hydrogen) atoms. The molecule has 1 N–H and O–H groups in total. The maximum Gasteiger partial charge on any atom is 0.264 e. The topological polar surface area (TPSA) is 86.8 Å². The van der Waals surface area contributed by atoms with E-state index in [1.165, 1.54) is 18.2 Å². The number of nitrogens with zero attached hydrogens (tertiary/aromatic N) is 2. The first-order valence-electron chi connectivity index (χ1n) is 11.2. The van der Waals surface area contributed by atoms with Crippen molar-refractivity contribution < 1.29 is 18.0 Å². The third-order valence-electron chi connectivity index (χ3n) is 5.92. The van der Waals surface area contributed by atoms with Crippen LogP contribution in [0.5, 0.6) is 0 Å². The van der Waals surface area contributed by atoms with Gasteiger partial charge in [-0.15, -0.1) is 0 Å². The summed E-state index contributed by atoms with van der Waals surface area (Å²) in [7, 11) is -4.05. The number of halogens is 1. The first kappa shape index (κ1) is 24.8. The fourth-order valence-electron chi connectivity index (χ4n) is 3.98. The van der Waals surface area contributed by atoms with Gasteiger partial charge in [0.15, 0.2) is 0 Å². The number of benzene rings is 3. The van der Waals surface area contributed by atoms with Gasteiger partial charge in [-0.25, -0.2) is 8.42 Å². The Kier molecular flexibility index (Phi) is 7.14. The van der Waals surface area contributed by atoms with Gasteiger partial charge in [-0.3, -0.25) is 13.9 Å². The molecule has 182 valence electrons. The van der Waals surface area contributed by atoms with E-state index in [1.54, 1.807) is 47.4 Å². The van der Waals surface area contributed by atoms with Crippen molar-refractivity contribution in [3.05, 3.63) is 82.9 Å². The summed E-state index contributed by atoms with van der Waals surface area (Å²) in [5, 5.41) is 3.18. The number of rotatable bonds is 7. The average Bonchev–Trinajstić information content (AvgIpc) is 3.26. The molecule has 0 spiro atoms. The lowest BCUT2D eigenvalue weighted by Crippen LogP contribution is -2.38. The van der Waals surface area contributed by atoms with Gasteiger partial charge < -0.3 is 10.2 Å². The van der Waals surface area contributed by atoms with E-state index in [0.29, 0.717) is 23.7 Å². The Balaban J connectivity index is 1.63. The fourth-order valence-corrected chi connectivity index (χ4v) is 5.59. The van der Waals surface area contributed by atoms with E-state index in [4.69, 9.17) is 11.6 Å². The molecule has 0 aromatic heterocycles. The molecule has 0 saturated carbocycles. The smallest absolute Gasteiger partial charge is 0.264 e. The Bertz CT molecular complexity index is 1380. The lowest BCUT2D eigenvalue weighted by atomic mass is 10.1. The van der Waals surface area contributed by atoms with Crippen molar-refractivity contribution >= 4 is 50.5 Å². The minimum absolute atomic E-state index is 0.0490. The van der Waals surface area contributed by atoms with E-state index in [2.05, 4.69) is 5.32 Å². The van der Waals surface area contributed by atoms with Crippen LogP contribution >= 0.6 is 11.6 Å². The summed E-state index contributed by atoms with van der Waals surface area (Å²) in [6, 6.07) is 18.1. The number of nitrogens with one attached hydrogen (secondary N) is 1. The van der Waals surface area contributed by atoms with Crippen molar-refractivity contribution in [1.82, 2.24) is 0 Å². The second-order valence-electron chi connectivity index (χ2n) is 8.46. The van der Waals surface area contributed by atoms with Gasteiger partial charge in [-0.2, -0.15) is 0 Å². The van der Waals surface area contributed by atoms with E-state index < -0.39 is 22.5 Å². The van der Waals surface area contributed by atoms with Crippen LogP contribution in [0, 0.1) is 13.8 Å². The molecule has 1 saturated heterocycles. The van der Waals surface area contributed by atoms with Crippen LogP contribution in [0.2, 0.25) is 5.02 Å². The molecule has 0 atom stereocenters. The molecular formula is C26H26ClN3O4S. The Morgan fingerprint density at radius 2 is 1.74 bits per heavy atom. The van der Waals surface area contributed by atoms with Crippen LogP contribution < -0.4 is 14.5 Å². The van der Waals surface area contributed by atoms with Crippen LogP contribution in [0.15, 0.2) is 71.6 Å². The number of aryl methyl sites for hydroxylation is 2. The van der Waals surface area contributed by atoms with Crippen LogP contribution in [0.4, 0.5) is 17.1 Å². The van der Waals surface area contributed by atoms with E-state index in [1.807, 2.05) is 19.9 Å². The fraction of sp³-hybridized carbons (Fsp3) is 0.231. The molecule has 0 unspecified atom stereocenters. The molecule has 0 bridgehead atoms. The number of carbonyl (C=O) groups excluding carboxylic acids is 2. The summed E-state index contributed by atoms with van der Waals surface area (Å²) in [5.74, 6) is -0.475. The van der Waals surface area contributed by atoms with Crippen molar-refractivity contribution in [2.24, 2.45) is 0 Å². The van der Waals surface area contributed by atoms with E-state index in [0.717, 1.165) is 27.5 Å². The average molecular weight is 512 g/mol. The maximum atomic E-state index is 13.5. The van der Waals surface area contributed by atoms with E-state index in [9.17, 15) is 18.0 Å². The van der Waals surface area contributed by atoms with Crippen molar-refractivity contribution in [3.63, 3.8) is 0 Å². The molecule has 2 amide bonds. The largest absolute Gasteiger partial charge is 0.324 e. The zero-order valence-electron chi connectivity index (χ0n) is 19.5. The van der Waals surface area contributed by atoms with Gasteiger partial charge >= 0.3 is 0 Å². The van der Waals surface area contributed by atoms with Crippen molar-refractivity contribution in [1.29, 1.82) is 0 Å². The summed E-state index contributed by atoms with van der Waals surface area (Å²) in [6.45, 7) is 3.90. The summed E-state index contributed by atoms with van der Waals surface area (Å²) < 4.78 is 28.0. The maximum absolute atomic E-state index is 13.5. The first-order valence-corrected chi connectivity index (χ1v) is 13.0. The third-order valence-corrected chi connectivity index (χ3v) is 8.11. The van der Waals surface area contributed by atoms with Crippen molar-refractivity contribution in [2.45, 2.75) is 31.6 Å². The summed E-state index contributed by atoms with van der Waals surface area (Å²) in [4.78, 5) is 27.1. The lowest BCUT2D eigenvalue weighted by molar-refractivity contribution is -0.117. The predicted octanol–water partition coefficient (Wildman–Crippen LogP) is 4.92. The molecule has 3 aromatic rings. The molecule has 1 fully saturated rings. The SMILES string of the molecule is Cc1ccc(N(CC(=O)Nc2ccc(C)c(N3CCCC3=O)c2)S(=O)(=O)c2ccccc2)cc1Cl. The van der Waals surface area contributed by atoms with Gasteiger partial charge in [0.05, 0.1) is 10.6 Å². The molecule has 3 aromatic carbocycles. The molecule has 4 rings (SSSR count). The van der Waals surface area contributed by atoms with Crippen molar-refractivity contribution in [2.75, 3.05) is 27.6 Å². The molecule has 7 nitrogen and oxygen atoms in total. The minimum atomic E-state index is -4.05. The normalized spacial score (nSPS) is 13.7. The number of hydrogen-bond acceptors (Lipinski definition) is 4. The molecule has 9 heteroatoms. The van der Waals surface area contributed by atoms with E-state index >= 15 is 0 Å². The van der Waals surface area contributed by atoms with Crippen LogP contribution in [-0.2, 0) is 19.6 Å². The highest BCUT2D eigenvalue weighted by Crippen LogP contribution is 2.30. The summed E-state index contributed by atoms with van der Waals surface area (Å²) in [5.41, 5.74) is 3.21. The quantitative estimate of drug-likeness (QED) is 0.488. The highest BCUT2D eigenvalue weighted by Gasteiger charge is 2.28. The molecule has 0 radical (unpaired) electrons. The van der Waals surface area contributed by atoms with Crippen LogP contribution in [-0.4, -0.2) is 33.3 Å². The highest BCUT2D eigenvalue weighted by atomic mass is 35.5. The van der Waals surface area contributed by atoms with Crippen LogP contribution in [0.3, 0.4) is 0 Å².